The predicted octanol–water partition coefficient (Wildman–Crippen LogP) is 4.86. The Morgan fingerprint density at radius 2 is 1.90 bits per heavy atom. The number of halogens is 1. The predicted molar refractivity (Wildman–Crippen MR) is 86.8 cm³/mol. The summed E-state index contributed by atoms with van der Waals surface area (Å²) >= 11 is 5.99. The first-order chi connectivity index (χ1) is 10.3. The quantitative estimate of drug-likeness (QED) is 0.642. The Kier molecular flexibility index (Phi) is 4.07. The zero-order valence-corrected chi connectivity index (χ0v) is 12.6. The fourth-order valence-corrected chi connectivity index (χ4v) is 2.60. The van der Waals surface area contributed by atoms with Crippen molar-refractivity contribution < 1.29 is 4.74 Å². The molecular weight excluding hydrogens is 282 g/mol. The second-order valence-corrected chi connectivity index (χ2v) is 5.29. The molecule has 2 nitrogen and oxygen atoms in total. The lowest BCUT2D eigenvalue weighted by molar-refractivity contribution is 0.305. The largest absolute Gasteiger partial charge is 0.489 e. The number of ether oxygens (including phenoxy) is 1. The fourth-order valence-electron chi connectivity index (χ4n) is 2.39. The molecule has 3 rings (SSSR count). The number of hydrogen-bond acceptors (Lipinski definition) is 2. The van der Waals surface area contributed by atoms with E-state index in [-0.39, 0.29) is 0 Å². The molecular formula is C18H16ClNO. The zero-order valence-electron chi connectivity index (χ0n) is 11.8. The van der Waals surface area contributed by atoms with Crippen LogP contribution in [0, 0.1) is 6.92 Å². The molecule has 0 saturated heterocycles. The van der Waals surface area contributed by atoms with E-state index >= 15 is 0 Å². The standard InChI is InChI=1S/C18H16ClNO/c1-13-6-7-18(15(10-13)11-19)21-12-14-8-9-20-17-5-3-2-4-16(14)17/h2-10H,11-12H2,1H3. The first-order valence-electron chi connectivity index (χ1n) is 6.89. The van der Waals surface area contributed by atoms with Crippen molar-refractivity contribution in [2.24, 2.45) is 0 Å². The molecule has 3 heteroatoms. The van der Waals surface area contributed by atoms with Crippen molar-refractivity contribution in [3.8, 4) is 5.75 Å². The van der Waals surface area contributed by atoms with Crippen LogP contribution in [0.2, 0.25) is 0 Å². The molecule has 21 heavy (non-hydrogen) atoms. The second-order valence-electron chi connectivity index (χ2n) is 5.02. The van der Waals surface area contributed by atoms with Gasteiger partial charge in [0.15, 0.2) is 0 Å². The fraction of sp³-hybridized carbons (Fsp3) is 0.167. The molecule has 0 fully saturated rings. The number of pyridine rings is 1. The lowest BCUT2D eigenvalue weighted by atomic mass is 10.1. The van der Waals surface area contributed by atoms with Gasteiger partial charge in [-0.1, -0.05) is 35.9 Å². The van der Waals surface area contributed by atoms with Crippen molar-refractivity contribution in [1.29, 1.82) is 0 Å². The van der Waals surface area contributed by atoms with Crippen LogP contribution in [0.15, 0.2) is 54.7 Å². The van der Waals surface area contributed by atoms with Crippen LogP contribution in [0.1, 0.15) is 16.7 Å². The van der Waals surface area contributed by atoms with Crippen LogP contribution in [-0.4, -0.2) is 4.98 Å². The third-order valence-corrected chi connectivity index (χ3v) is 3.77. The highest BCUT2D eigenvalue weighted by molar-refractivity contribution is 6.17. The lowest BCUT2D eigenvalue weighted by Crippen LogP contribution is -1.99. The van der Waals surface area contributed by atoms with E-state index < -0.39 is 0 Å². The third kappa shape index (κ3) is 3.01. The van der Waals surface area contributed by atoms with Gasteiger partial charge in [0, 0.05) is 22.7 Å². The van der Waals surface area contributed by atoms with E-state index in [1.54, 1.807) is 0 Å². The summed E-state index contributed by atoms with van der Waals surface area (Å²) in [5, 5.41) is 1.12. The van der Waals surface area contributed by atoms with Crippen molar-refractivity contribution in [3.05, 3.63) is 71.4 Å². The molecule has 0 saturated carbocycles. The SMILES string of the molecule is Cc1ccc(OCc2ccnc3ccccc23)c(CCl)c1. The highest BCUT2D eigenvalue weighted by Gasteiger charge is 2.06. The molecule has 0 aliphatic carbocycles. The van der Waals surface area contributed by atoms with Gasteiger partial charge in [-0.2, -0.15) is 0 Å². The summed E-state index contributed by atoms with van der Waals surface area (Å²) in [4.78, 5) is 4.37. The van der Waals surface area contributed by atoms with Gasteiger partial charge in [0.1, 0.15) is 12.4 Å². The molecule has 0 amide bonds. The summed E-state index contributed by atoms with van der Waals surface area (Å²) in [6.07, 6.45) is 1.82. The molecule has 0 aliphatic rings. The van der Waals surface area contributed by atoms with Gasteiger partial charge in [0.2, 0.25) is 0 Å². The molecule has 0 aliphatic heterocycles. The molecule has 0 bridgehead atoms. The van der Waals surface area contributed by atoms with Crippen molar-refractivity contribution in [3.63, 3.8) is 0 Å². The van der Waals surface area contributed by atoms with Gasteiger partial charge in [-0.15, -0.1) is 11.6 Å². The van der Waals surface area contributed by atoms with E-state index in [9.17, 15) is 0 Å². The monoisotopic (exact) mass is 297 g/mol. The molecule has 0 unspecified atom stereocenters. The van der Waals surface area contributed by atoms with E-state index in [4.69, 9.17) is 16.3 Å². The number of benzene rings is 2. The van der Waals surface area contributed by atoms with Gasteiger partial charge in [-0.05, 0) is 25.1 Å². The molecule has 0 radical (unpaired) electrons. The Labute approximate surface area is 129 Å². The average molecular weight is 298 g/mol. The van der Waals surface area contributed by atoms with Gasteiger partial charge in [-0.3, -0.25) is 4.98 Å². The number of alkyl halides is 1. The minimum Gasteiger partial charge on any atom is -0.489 e. The number of fused-ring (bicyclic) bond motifs is 1. The maximum atomic E-state index is 5.99. The first kappa shape index (κ1) is 13.9. The first-order valence-corrected chi connectivity index (χ1v) is 7.42. The maximum Gasteiger partial charge on any atom is 0.124 e. The van der Waals surface area contributed by atoms with Crippen LogP contribution < -0.4 is 4.74 Å². The van der Waals surface area contributed by atoms with Crippen LogP contribution in [0.4, 0.5) is 0 Å². The summed E-state index contributed by atoms with van der Waals surface area (Å²) in [6.45, 7) is 2.56. The van der Waals surface area contributed by atoms with Crippen molar-refractivity contribution in [2.45, 2.75) is 19.4 Å². The topological polar surface area (TPSA) is 22.1 Å². The summed E-state index contributed by atoms with van der Waals surface area (Å²) in [5.74, 6) is 1.30. The van der Waals surface area contributed by atoms with Gasteiger partial charge in [0.25, 0.3) is 0 Å². The highest BCUT2D eigenvalue weighted by Crippen LogP contribution is 2.24. The molecule has 0 atom stereocenters. The molecule has 106 valence electrons. The Morgan fingerprint density at radius 1 is 1.05 bits per heavy atom. The van der Waals surface area contributed by atoms with Crippen LogP contribution in [0.3, 0.4) is 0 Å². The van der Waals surface area contributed by atoms with Gasteiger partial charge >= 0.3 is 0 Å². The molecule has 0 N–H and O–H groups in total. The Morgan fingerprint density at radius 3 is 2.76 bits per heavy atom. The Balaban J connectivity index is 1.87. The van der Waals surface area contributed by atoms with Gasteiger partial charge in [0.05, 0.1) is 11.4 Å². The Hall–Kier alpha value is -2.06. The van der Waals surface area contributed by atoms with E-state index in [0.717, 1.165) is 27.8 Å². The molecule has 1 heterocycles. The van der Waals surface area contributed by atoms with Crippen LogP contribution >= 0.6 is 11.6 Å². The molecule has 3 aromatic rings. The number of para-hydroxylation sites is 1. The molecule has 2 aromatic carbocycles. The van der Waals surface area contributed by atoms with Crippen molar-refractivity contribution in [1.82, 2.24) is 4.98 Å². The third-order valence-electron chi connectivity index (χ3n) is 3.48. The number of aromatic nitrogens is 1. The second kappa shape index (κ2) is 6.15. The zero-order chi connectivity index (χ0) is 14.7. The van der Waals surface area contributed by atoms with Crippen LogP contribution in [-0.2, 0) is 12.5 Å². The lowest BCUT2D eigenvalue weighted by Gasteiger charge is -2.12. The Bertz CT molecular complexity index is 765. The normalized spacial score (nSPS) is 10.8. The van der Waals surface area contributed by atoms with E-state index in [0.29, 0.717) is 12.5 Å². The highest BCUT2D eigenvalue weighted by atomic mass is 35.5. The molecule has 0 spiro atoms. The summed E-state index contributed by atoms with van der Waals surface area (Å²) in [5.41, 5.74) is 4.32. The summed E-state index contributed by atoms with van der Waals surface area (Å²) < 4.78 is 5.96. The van der Waals surface area contributed by atoms with Gasteiger partial charge in [-0.25, -0.2) is 0 Å². The van der Waals surface area contributed by atoms with Crippen LogP contribution in [0.5, 0.6) is 5.75 Å². The minimum absolute atomic E-state index is 0.452. The van der Waals surface area contributed by atoms with Crippen LogP contribution in [0.25, 0.3) is 10.9 Å². The number of aryl methyl sites for hydroxylation is 1. The van der Waals surface area contributed by atoms with E-state index in [1.165, 1.54) is 5.56 Å². The maximum absolute atomic E-state index is 5.99. The number of hydrogen-bond donors (Lipinski definition) is 0. The number of nitrogens with zero attached hydrogens (tertiary/aromatic N) is 1. The summed E-state index contributed by atoms with van der Waals surface area (Å²) in [7, 11) is 0. The minimum atomic E-state index is 0.452. The van der Waals surface area contributed by atoms with Crippen molar-refractivity contribution >= 4 is 22.5 Å². The smallest absolute Gasteiger partial charge is 0.124 e. The summed E-state index contributed by atoms with van der Waals surface area (Å²) in [6, 6.07) is 16.2. The van der Waals surface area contributed by atoms with E-state index in [2.05, 4.69) is 24.0 Å². The van der Waals surface area contributed by atoms with Crippen molar-refractivity contribution in [2.75, 3.05) is 0 Å². The molecule has 1 aromatic heterocycles. The van der Waals surface area contributed by atoms with Gasteiger partial charge < -0.3 is 4.74 Å². The van der Waals surface area contributed by atoms with E-state index in [1.807, 2.05) is 42.6 Å². The number of rotatable bonds is 4. The average Bonchev–Trinajstić information content (AvgIpc) is 2.53.